The van der Waals surface area contributed by atoms with Crippen molar-refractivity contribution in [2.45, 2.75) is 32.9 Å². The van der Waals surface area contributed by atoms with Gasteiger partial charge >= 0.3 is 0 Å². The Balaban J connectivity index is 0.00000144. The second-order valence-electron chi connectivity index (χ2n) is 2.99. The van der Waals surface area contributed by atoms with Gasteiger partial charge in [0.1, 0.15) is 18.9 Å². The average Bonchev–Trinajstić information content (AvgIpc) is 2.50. The number of rotatable bonds is 5. The maximum Gasteiger partial charge on any atom is 0.244 e. The molecule has 0 saturated heterocycles. The highest BCUT2D eigenvalue weighted by Crippen LogP contribution is 1.92. The molecule has 74 valence electrons. The molecule has 0 fully saturated rings. The first kappa shape index (κ1) is 12.0. The first-order valence-corrected chi connectivity index (χ1v) is 4.52. The van der Waals surface area contributed by atoms with Crippen LogP contribution in [0.15, 0.2) is 31.4 Å². The van der Waals surface area contributed by atoms with Gasteiger partial charge in [-0.25, -0.2) is 9.13 Å². The summed E-state index contributed by atoms with van der Waals surface area (Å²) in [6, 6.07) is 0. The lowest BCUT2D eigenvalue weighted by Gasteiger charge is -1.91. The van der Waals surface area contributed by atoms with E-state index < -0.39 is 0 Å². The van der Waals surface area contributed by atoms with Gasteiger partial charge in [-0.15, -0.1) is 0 Å². The second kappa shape index (κ2) is 6.52. The molecular formula is C10H21BN2. The number of aryl methyl sites for hydroxylation is 1. The highest BCUT2D eigenvalue weighted by atomic mass is 15.1. The molecule has 1 aromatic rings. The minimum atomic E-state index is 0. The maximum absolute atomic E-state index is 3.70. The van der Waals surface area contributed by atoms with Gasteiger partial charge in [-0.2, -0.15) is 0 Å². The molecular weight excluding hydrogens is 159 g/mol. The topological polar surface area (TPSA) is 8.81 Å². The van der Waals surface area contributed by atoms with E-state index in [1.807, 2.05) is 6.08 Å². The van der Waals surface area contributed by atoms with Crippen molar-refractivity contribution < 1.29 is 4.57 Å². The third-order valence-electron chi connectivity index (χ3n) is 1.86. The summed E-state index contributed by atoms with van der Waals surface area (Å²) in [4.78, 5) is 0. The van der Waals surface area contributed by atoms with Gasteiger partial charge in [-0.1, -0.05) is 34.4 Å². The Hall–Kier alpha value is -0.985. The van der Waals surface area contributed by atoms with Gasteiger partial charge in [-0.3, -0.25) is 0 Å². The normalized spacial score (nSPS) is 9.31. The van der Waals surface area contributed by atoms with E-state index in [4.69, 9.17) is 0 Å². The van der Waals surface area contributed by atoms with Crippen LogP contribution in [0.1, 0.15) is 19.8 Å². The van der Waals surface area contributed by atoms with Crippen LogP contribution >= 0.6 is 0 Å². The average molecular weight is 180 g/mol. The lowest BCUT2D eigenvalue weighted by atomic mass is 10.3. The fourth-order valence-corrected chi connectivity index (χ4v) is 1.17. The van der Waals surface area contributed by atoms with Gasteiger partial charge < -0.3 is 0 Å². The number of unbranched alkanes of at least 4 members (excludes halogenated alkanes) is 1. The van der Waals surface area contributed by atoms with Gasteiger partial charge in [0.2, 0.25) is 6.33 Å². The number of hydrogen-bond donors (Lipinski definition) is 0. The Bertz CT molecular complexity index is 243. The van der Waals surface area contributed by atoms with E-state index in [0.29, 0.717) is 0 Å². The summed E-state index contributed by atoms with van der Waals surface area (Å²) in [6.07, 6.45) is 10.7. The van der Waals surface area contributed by atoms with Crippen LogP contribution in [0.25, 0.3) is 0 Å². The number of aromatic nitrogens is 2. The summed E-state index contributed by atoms with van der Waals surface area (Å²) in [5, 5.41) is 0. The number of imidazole rings is 1. The monoisotopic (exact) mass is 180 g/mol. The van der Waals surface area contributed by atoms with Crippen LogP contribution < -0.4 is 4.57 Å². The van der Waals surface area contributed by atoms with Crippen LogP contribution in [0.5, 0.6) is 0 Å². The summed E-state index contributed by atoms with van der Waals surface area (Å²) < 4.78 is 4.34. The van der Waals surface area contributed by atoms with E-state index in [1.54, 1.807) is 0 Å². The zero-order valence-electron chi connectivity index (χ0n) is 7.74. The minimum absolute atomic E-state index is 0. The van der Waals surface area contributed by atoms with Crippen LogP contribution in [0.3, 0.4) is 0 Å². The van der Waals surface area contributed by atoms with Gasteiger partial charge in [0, 0.05) is 0 Å². The van der Waals surface area contributed by atoms with Crippen LogP contribution in [-0.4, -0.2) is 13.0 Å². The number of nitrogens with zero attached hydrogens (tertiary/aromatic N) is 2. The fourth-order valence-electron chi connectivity index (χ4n) is 1.17. The molecule has 0 aliphatic heterocycles. The zero-order chi connectivity index (χ0) is 8.81. The first-order chi connectivity index (χ1) is 5.86. The fraction of sp³-hybridized carbons (Fsp3) is 0.500. The molecule has 0 N–H and O–H groups in total. The molecule has 0 bridgehead atoms. The zero-order valence-corrected chi connectivity index (χ0v) is 7.74. The van der Waals surface area contributed by atoms with Crippen LogP contribution in [0, 0.1) is 0 Å². The Morgan fingerprint density at radius 3 is 2.92 bits per heavy atom. The molecule has 1 heterocycles. The van der Waals surface area contributed by atoms with Crippen LogP contribution in [0.4, 0.5) is 0 Å². The molecule has 0 radical (unpaired) electrons. The van der Waals surface area contributed by atoms with Crippen molar-refractivity contribution in [1.82, 2.24) is 4.57 Å². The molecule has 0 aromatic carbocycles. The molecule has 0 aliphatic rings. The quantitative estimate of drug-likeness (QED) is 0.350. The SMILES string of the molecule is C=CC[n+]1ccn(CCCC)c1.[BH4-]. The van der Waals surface area contributed by atoms with Gasteiger partial charge in [-0.05, 0) is 6.42 Å². The van der Waals surface area contributed by atoms with Crippen molar-refractivity contribution in [2.24, 2.45) is 0 Å². The maximum atomic E-state index is 3.70. The van der Waals surface area contributed by atoms with Crippen molar-refractivity contribution in [3.05, 3.63) is 31.4 Å². The summed E-state index contributed by atoms with van der Waals surface area (Å²) in [6.45, 7) is 7.93. The van der Waals surface area contributed by atoms with Gasteiger partial charge in [0.15, 0.2) is 0 Å². The highest BCUT2D eigenvalue weighted by Gasteiger charge is 1.99. The minimum Gasteiger partial charge on any atom is -0.237 e. The number of allylic oxidation sites excluding steroid dienone is 1. The van der Waals surface area contributed by atoms with Crippen molar-refractivity contribution in [2.75, 3.05) is 0 Å². The highest BCUT2D eigenvalue weighted by molar-refractivity contribution is 5.75. The van der Waals surface area contributed by atoms with Crippen molar-refractivity contribution >= 4 is 8.41 Å². The Morgan fingerprint density at radius 2 is 2.31 bits per heavy atom. The molecule has 0 aliphatic carbocycles. The summed E-state index contributed by atoms with van der Waals surface area (Å²) in [5.41, 5.74) is 0. The van der Waals surface area contributed by atoms with Crippen molar-refractivity contribution in [1.29, 1.82) is 0 Å². The summed E-state index contributed by atoms with van der Waals surface area (Å²) >= 11 is 0. The first-order valence-electron chi connectivity index (χ1n) is 4.52. The summed E-state index contributed by atoms with van der Waals surface area (Å²) in [7, 11) is 0. The molecule has 1 aromatic heterocycles. The van der Waals surface area contributed by atoms with Crippen molar-refractivity contribution in [3.63, 3.8) is 0 Å². The predicted molar refractivity (Wildman–Crippen MR) is 61.1 cm³/mol. The Morgan fingerprint density at radius 1 is 1.54 bits per heavy atom. The number of hydrogen-bond acceptors (Lipinski definition) is 0. The largest absolute Gasteiger partial charge is 0.244 e. The van der Waals surface area contributed by atoms with Crippen LogP contribution in [-0.2, 0) is 13.1 Å². The lowest BCUT2D eigenvalue weighted by Crippen LogP contribution is -2.29. The molecule has 3 heteroatoms. The molecule has 0 amide bonds. The van der Waals surface area contributed by atoms with E-state index >= 15 is 0 Å². The smallest absolute Gasteiger partial charge is 0.237 e. The standard InChI is InChI=1S/C10H17N2.BH4/c1-3-5-7-12-9-8-11(10-12)6-4-2;/h4,8-10H,2-3,5-7H2,1H3;1H4/q+1;-1. The third-order valence-corrected chi connectivity index (χ3v) is 1.86. The lowest BCUT2D eigenvalue weighted by molar-refractivity contribution is -0.686. The van der Waals surface area contributed by atoms with E-state index in [1.165, 1.54) is 12.8 Å². The Labute approximate surface area is 82.5 Å². The van der Waals surface area contributed by atoms with Crippen LogP contribution in [0.2, 0.25) is 0 Å². The molecule has 2 nitrogen and oxygen atoms in total. The molecule has 0 saturated carbocycles. The van der Waals surface area contributed by atoms with Gasteiger partial charge in [0.25, 0.3) is 0 Å². The van der Waals surface area contributed by atoms with Gasteiger partial charge in [0.05, 0.1) is 6.54 Å². The van der Waals surface area contributed by atoms with E-state index in [2.05, 4.69) is 41.4 Å². The van der Waals surface area contributed by atoms with E-state index in [9.17, 15) is 0 Å². The summed E-state index contributed by atoms with van der Waals surface area (Å²) in [5.74, 6) is 0. The van der Waals surface area contributed by atoms with Crippen molar-refractivity contribution in [3.8, 4) is 0 Å². The molecule has 13 heavy (non-hydrogen) atoms. The molecule has 0 unspecified atom stereocenters. The molecule has 1 rings (SSSR count). The third kappa shape index (κ3) is 3.97. The Kier molecular flexibility index (Phi) is 6.03. The predicted octanol–water partition coefficient (Wildman–Crippen LogP) is 0.310. The second-order valence-corrected chi connectivity index (χ2v) is 2.99. The molecule has 0 spiro atoms. The molecule has 0 atom stereocenters. The van der Waals surface area contributed by atoms with E-state index in [0.717, 1.165) is 13.1 Å². The van der Waals surface area contributed by atoms with E-state index in [-0.39, 0.29) is 8.41 Å².